The first-order valence-electron chi connectivity index (χ1n) is 13.9. The molecule has 0 bridgehead atoms. The number of nitrogens with one attached hydrogen (secondary N) is 1. The van der Waals surface area contributed by atoms with Gasteiger partial charge in [0.15, 0.2) is 5.82 Å². The molecule has 0 radical (unpaired) electrons. The number of benzene rings is 1. The van der Waals surface area contributed by atoms with Gasteiger partial charge in [-0.25, -0.2) is 18.2 Å². The number of carbonyl (C=O) groups excluding carboxylic acids is 1. The molecule has 2 amide bonds. The molecule has 216 valence electrons. The Morgan fingerprint density at radius 3 is 2.23 bits per heavy atom. The van der Waals surface area contributed by atoms with Crippen molar-refractivity contribution in [3.63, 3.8) is 0 Å². The van der Waals surface area contributed by atoms with Crippen LogP contribution >= 0.6 is 0 Å². The Morgan fingerprint density at radius 1 is 1.00 bits per heavy atom. The predicted molar refractivity (Wildman–Crippen MR) is 136 cm³/mol. The second kappa shape index (κ2) is 8.43. The van der Waals surface area contributed by atoms with E-state index in [1.165, 1.54) is 12.1 Å². The molecular weight excluding hydrogens is 547 g/mol. The summed E-state index contributed by atoms with van der Waals surface area (Å²) in [5, 5.41) is 17.4. The average molecular weight is 580 g/mol. The number of amides is 2. The molecule has 2 spiro atoms. The Labute approximate surface area is 230 Å². The number of carbonyl (C=O) groups is 1. The van der Waals surface area contributed by atoms with Crippen LogP contribution in [0.3, 0.4) is 0 Å². The number of likely N-dealkylation sites (tertiary alicyclic amines) is 2. The number of alkyl halides is 3. The average Bonchev–Trinajstić information content (AvgIpc) is 3.22. The lowest BCUT2D eigenvalue weighted by molar-refractivity contribution is -0.0707. The van der Waals surface area contributed by atoms with E-state index in [1.807, 2.05) is 9.80 Å². The van der Waals surface area contributed by atoms with Crippen molar-refractivity contribution in [1.29, 1.82) is 0 Å². The molecule has 1 aromatic carbocycles. The van der Waals surface area contributed by atoms with Crippen LogP contribution in [0.5, 0.6) is 0 Å². The predicted octanol–water partition coefficient (Wildman–Crippen LogP) is 3.72. The minimum absolute atomic E-state index is 0.0996. The van der Waals surface area contributed by atoms with Crippen LogP contribution in [0.25, 0.3) is 0 Å². The van der Waals surface area contributed by atoms with Gasteiger partial charge in [-0.15, -0.1) is 0 Å². The smallest absolute Gasteiger partial charge is 0.382 e. The molecule has 2 aromatic rings. The number of hydrogen-bond donors (Lipinski definition) is 2. The van der Waals surface area contributed by atoms with E-state index in [2.05, 4.69) is 15.2 Å². The molecule has 1 aromatic heterocycles. The Balaban J connectivity index is 0.862. The summed E-state index contributed by atoms with van der Waals surface area (Å²) in [6.07, 6.45) is 7.01. The van der Waals surface area contributed by atoms with E-state index in [0.29, 0.717) is 36.9 Å². The van der Waals surface area contributed by atoms with Crippen molar-refractivity contribution in [2.75, 3.05) is 26.2 Å². The minimum atomic E-state index is -5.33. The van der Waals surface area contributed by atoms with Crippen LogP contribution in [0.4, 0.5) is 18.0 Å². The number of aliphatic hydroxyl groups is 1. The highest BCUT2D eigenvalue weighted by Gasteiger charge is 2.58. The summed E-state index contributed by atoms with van der Waals surface area (Å²) in [4.78, 5) is 20.7. The SMILES string of the molecule is O=C(N1CC2(CC(c3nc(C4(O)CC4)n[nH]3)C2)C1)N1CC2(CC[C@H](Cc3ccc(S(=O)(=O)C(F)(F)F)cc3)C2)C1. The molecule has 40 heavy (non-hydrogen) atoms. The van der Waals surface area contributed by atoms with Gasteiger partial charge in [0, 0.05) is 42.9 Å². The highest BCUT2D eigenvalue weighted by Crippen LogP contribution is 2.57. The summed E-state index contributed by atoms with van der Waals surface area (Å²) in [5.74, 6) is 2.00. The zero-order chi connectivity index (χ0) is 28.1. The molecule has 0 unspecified atom stereocenters. The quantitative estimate of drug-likeness (QED) is 0.557. The largest absolute Gasteiger partial charge is 0.501 e. The molecule has 2 aliphatic heterocycles. The van der Waals surface area contributed by atoms with Gasteiger partial charge in [0.2, 0.25) is 0 Å². The molecule has 1 atom stereocenters. The Kier molecular flexibility index (Phi) is 5.53. The van der Waals surface area contributed by atoms with E-state index in [4.69, 9.17) is 0 Å². The van der Waals surface area contributed by atoms with Crippen LogP contribution in [0, 0.1) is 16.7 Å². The number of halogens is 3. The molecular formula is C27H32F3N5O4S. The first-order valence-corrected chi connectivity index (χ1v) is 15.4. The summed E-state index contributed by atoms with van der Waals surface area (Å²) < 4.78 is 61.5. The van der Waals surface area contributed by atoms with Gasteiger partial charge < -0.3 is 14.9 Å². The summed E-state index contributed by atoms with van der Waals surface area (Å²) in [6.45, 7) is 3.00. The Morgan fingerprint density at radius 2 is 1.62 bits per heavy atom. The maximum atomic E-state index is 13.1. The number of nitrogens with zero attached hydrogens (tertiary/aromatic N) is 4. The first kappa shape index (κ1) is 26.2. The van der Waals surface area contributed by atoms with E-state index < -0.39 is 25.8 Å². The van der Waals surface area contributed by atoms with Gasteiger partial charge in [-0.2, -0.15) is 18.3 Å². The van der Waals surface area contributed by atoms with Crippen molar-refractivity contribution >= 4 is 15.9 Å². The van der Waals surface area contributed by atoms with Crippen LogP contribution in [0.15, 0.2) is 29.2 Å². The van der Waals surface area contributed by atoms with E-state index in [9.17, 15) is 31.5 Å². The number of urea groups is 1. The third-order valence-corrected chi connectivity index (χ3v) is 11.4. The second-order valence-corrected chi connectivity index (χ2v) is 15.0. The topological polar surface area (TPSA) is 119 Å². The fourth-order valence-corrected chi connectivity index (χ4v) is 8.26. The van der Waals surface area contributed by atoms with Crippen molar-refractivity contribution in [3.8, 4) is 0 Å². The third-order valence-electron chi connectivity index (χ3n) is 9.90. The molecule has 5 fully saturated rings. The molecule has 3 saturated carbocycles. The number of aromatic nitrogens is 3. The number of H-pyrrole nitrogens is 1. The van der Waals surface area contributed by atoms with Gasteiger partial charge in [0.25, 0.3) is 9.84 Å². The molecule has 9 nitrogen and oxygen atoms in total. The molecule has 5 aliphatic rings. The fraction of sp³-hybridized carbons (Fsp3) is 0.667. The lowest BCUT2D eigenvalue weighted by Gasteiger charge is -2.60. The van der Waals surface area contributed by atoms with Gasteiger partial charge in [0.1, 0.15) is 11.4 Å². The lowest BCUT2D eigenvalue weighted by atomic mass is 9.57. The van der Waals surface area contributed by atoms with E-state index in [1.54, 1.807) is 0 Å². The van der Waals surface area contributed by atoms with Crippen LogP contribution in [0.2, 0.25) is 0 Å². The van der Waals surface area contributed by atoms with Crippen molar-refractivity contribution in [1.82, 2.24) is 25.0 Å². The lowest BCUT2D eigenvalue weighted by Crippen LogP contribution is -2.69. The summed E-state index contributed by atoms with van der Waals surface area (Å²) in [5.41, 5.74) is -5.04. The van der Waals surface area contributed by atoms with Crippen LogP contribution in [-0.4, -0.2) is 76.2 Å². The summed E-state index contributed by atoms with van der Waals surface area (Å²) in [7, 11) is -5.33. The van der Waals surface area contributed by atoms with E-state index >= 15 is 0 Å². The van der Waals surface area contributed by atoms with Crippen molar-refractivity contribution in [3.05, 3.63) is 41.5 Å². The fourth-order valence-electron chi connectivity index (χ4n) is 7.50. The molecule has 3 aliphatic carbocycles. The summed E-state index contributed by atoms with van der Waals surface area (Å²) >= 11 is 0. The minimum Gasteiger partial charge on any atom is -0.382 e. The van der Waals surface area contributed by atoms with Crippen molar-refractivity contribution in [2.24, 2.45) is 16.7 Å². The Bertz CT molecular complexity index is 1430. The van der Waals surface area contributed by atoms with Gasteiger partial charge in [-0.1, -0.05) is 12.1 Å². The molecule has 2 N–H and O–H groups in total. The van der Waals surface area contributed by atoms with Gasteiger partial charge >= 0.3 is 11.5 Å². The van der Waals surface area contributed by atoms with Crippen LogP contribution < -0.4 is 0 Å². The summed E-state index contributed by atoms with van der Waals surface area (Å²) in [6, 6.07) is 5.13. The van der Waals surface area contributed by atoms with Gasteiger partial charge in [-0.05, 0) is 75.0 Å². The number of rotatable bonds is 5. The second-order valence-electron chi connectivity index (χ2n) is 13.1. The number of hydrogen-bond acceptors (Lipinski definition) is 6. The third kappa shape index (κ3) is 4.22. The van der Waals surface area contributed by atoms with E-state index in [0.717, 1.165) is 81.8 Å². The van der Waals surface area contributed by atoms with Gasteiger partial charge in [-0.3, -0.25) is 5.10 Å². The first-order chi connectivity index (χ1) is 18.8. The van der Waals surface area contributed by atoms with Crippen molar-refractivity contribution in [2.45, 2.75) is 73.3 Å². The molecule has 2 saturated heterocycles. The van der Waals surface area contributed by atoms with Crippen LogP contribution in [0.1, 0.15) is 68.1 Å². The molecule has 3 heterocycles. The number of aromatic amines is 1. The highest BCUT2D eigenvalue weighted by atomic mass is 32.2. The number of sulfone groups is 1. The molecule has 7 rings (SSSR count). The highest BCUT2D eigenvalue weighted by molar-refractivity contribution is 7.92. The standard InChI is InChI=1S/C27H32F3N5O4S/c28-27(29,30)40(38,39)20-3-1-17(2-4-20)9-18-5-6-24(10-18)13-34(14-24)23(36)35-15-25(16-35)11-19(12-25)21-31-22(33-32-21)26(37)7-8-26/h1-4,18-19,37H,5-16H2,(H,31,32,33)/t18-/m1/s1. The van der Waals surface area contributed by atoms with Crippen molar-refractivity contribution < 1.29 is 31.5 Å². The van der Waals surface area contributed by atoms with Crippen LogP contribution in [-0.2, 0) is 21.9 Å². The normalized spacial score (nSPS) is 26.4. The monoisotopic (exact) mass is 579 g/mol. The maximum Gasteiger partial charge on any atom is 0.501 e. The maximum absolute atomic E-state index is 13.1. The Hall–Kier alpha value is -2.67. The zero-order valence-electron chi connectivity index (χ0n) is 22.0. The van der Waals surface area contributed by atoms with Gasteiger partial charge in [0.05, 0.1) is 4.90 Å². The zero-order valence-corrected chi connectivity index (χ0v) is 22.8. The molecule has 13 heteroatoms. The van der Waals surface area contributed by atoms with E-state index in [-0.39, 0.29) is 16.9 Å².